The molecular formula is C18H33NO3Si. The first-order valence-corrected chi connectivity index (χ1v) is 11.4. The summed E-state index contributed by atoms with van der Waals surface area (Å²) in [5.74, 6) is 0.759. The topological polar surface area (TPSA) is 53.7 Å². The van der Waals surface area contributed by atoms with Crippen molar-refractivity contribution in [2.75, 3.05) is 25.6 Å². The number of rotatable bonds is 13. The van der Waals surface area contributed by atoms with Gasteiger partial charge in [0, 0.05) is 13.2 Å². The molecule has 0 heterocycles. The van der Waals surface area contributed by atoms with E-state index in [4.69, 9.17) is 19.3 Å². The number of benzene rings is 1. The Morgan fingerprint density at radius 1 is 0.913 bits per heavy atom. The standard InChI is InChI=1S/C18H33NO3Si/c1-4-6-14-21-23(3,22-15-7-5-2)16-10-13-20-18-12-9-8-11-17(18)19/h8-9,11-12H,4-7,10,13-16,19H2,1-3H3. The summed E-state index contributed by atoms with van der Waals surface area (Å²) in [5.41, 5.74) is 6.57. The summed E-state index contributed by atoms with van der Waals surface area (Å²) in [5, 5.41) is 0. The third-order valence-corrected chi connectivity index (χ3v) is 6.65. The van der Waals surface area contributed by atoms with Crippen LogP contribution in [0.4, 0.5) is 5.69 Å². The number of hydrogen-bond acceptors (Lipinski definition) is 4. The Bertz CT molecular complexity index is 418. The molecule has 0 aliphatic rings. The van der Waals surface area contributed by atoms with Gasteiger partial charge in [-0.3, -0.25) is 0 Å². The highest BCUT2D eigenvalue weighted by Gasteiger charge is 2.30. The van der Waals surface area contributed by atoms with E-state index in [0.717, 1.165) is 57.1 Å². The van der Waals surface area contributed by atoms with Crippen molar-refractivity contribution in [2.24, 2.45) is 0 Å². The van der Waals surface area contributed by atoms with Gasteiger partial charge < -0.3 is 19.3 Å². The Kier molecular flexibility index (Phi) is 9.99. The Hall–Kier alpha value is -1.04. The van der Waals surface area contributed by atoms with Crippen molar-refractivity contribution in [1.82, 2.24) is 0 Å². The summed E-state index contributed by atoms with van der Waals surface area (Å²) in [4.78, 5) is 0. The second-order valence-corrected chi connectivity index (χ2v) is 9.37. The summed E-state index contributed by atoms with van der Waals surface area (Å²) >= 11 is 0. The summed E-state index contributed by atoms with van der Waals surface area (Å²) in [6.07, 6.45) is 5.41. The monoisotopic (exact) mass is 339 g/mol. The third-order valence-electron chi connectivity index (χ3n) is 3.76. The second-order valence-electron chi connectivity index (χ2n) is 6.03. The molecule has 0 unspecified atom stereocenters. The third kappa shape index (κ3) is 8.39. The largest absolute Gasteiger partial charge is 0.491 e. The van der Waals surface area contributed by atoms with Crippen LogP contribution in [0.2, 0.25) is 12.6 Å². The van der Waals surface area contributed by atoms with Gasteiger partial charge in [-0.15, -0.1) is 0 Å². The van der Waals surface area contributed by atoms with Crippen LogP contribution in [-0.2, 0) is 8.85 Å². The SMILES string of the molecule is CCCCO[Si](C)(CCCOc1ccccc1N)OCCCC. The van der Waals surface area contributed by atoms with Crippen molar-refractivity contribution in [3.8, 4) is 5.75 Å². The van der Waals surface area contributed by atoms with Crippen LogP contribution < -0.4 is 10.5 Å². The maximum Gasteiger partial charge on any atom is 0.335 e. The first-order valence-electron chi connectivity index (χ1n) is 8.86. The van der Waals surface area contributed by atoms with Crippen LogP contribution in [0.1, 0.15) is 46.0 Å². The lowest BCUT2D eigenvalue weighted by Gasteiger charge is -2.27. The van der Waals surface area contributed by atoms with Crippen molar-refractivity contribution in [2.45, 2.75) is 58.5 Å². The predicted octanol–water partition coefficient (Wildman–Crippen LogP) is 4.74. The molecule has 0 saturated carbocycles. The fourth-order valence-corrected chi connectivity index (χ4v) is 4.55. The van der Waals surface area contributed by atoms with Crippen LogP contribution in [-0.4, -0.2) is 28.4 Å². The van der Waals surface area contributed by atoms with Gasteiger partial charge in [-0.2, -0.15) is 0 Å². The van der Waals surface area contributed by atoms with Crippen LogP contribution in [0.5, 0.6) is 5.75 Å². The van der Waals surface area contributed by atoms with Gasteiger partial charge in [0.2, 0.25) is 0 Å². The van der Waals surface area contributed by atoms with Gasteiger partial charge >= 0.3 is 8.56 Å². The molecule has 0 atom stereocenters. The van der Waals surface area contributed by atoms with Crippen LogP contribution in [0.25, 0.3) is 0 Å². The summed E-state index contributed by atoms with van der Waals surface area (Å²) in [6, 6.07) is 8.56. The smallest absolute Gasteiger partial charge is 0.335 e. The molecule has 0 saturated heterocycles. The number of anilines is 1. The van der Waals surface area contributed by atoms with E-state index in [0.29, 0.717) is 12.3 Å². The Morgan fingerprint density at radius 2 is 1.52 bits per heavy atom. The molecule has 2 N–H and O–H groups in total. The molecular weight excluding hydrogens is 306 g/mol. The van der Waals surface area contributed by atoms with Crippen molar-refractivity contribution in [1.29, 1.82) is 0 Å². The number of unbranched alkanes of at least 4 members (excludes halogenated alkanes) is 2. The Labute approximate surface area is 142 Å². The van der Waals surface area contributed by atoms with Crippen LogP contribution in [0.15, 0.2) is 24.3 Å². The second kappa shape index (κ2) is 11.5. The molecule has 0 aromatic heterocycles. The van der Waals surface area contributed by atoms with Gasteiger partial charge in [-0.05, 0) is 44.0 Å². The van der Waals surface area contributed by atoms with Crippen molar-refractivity contribution in [3.05, 3.63) is 24.3 Å². The summed E-state index contributed by atoms with van der Waals surface area (Å²) in [6.45, 7) is 8.78. The molecule has 4 nitrogen and oxygen atoms in total. The van der Waals surface area contributed by atoms with E-state index in [1.54, 1.807) is 0 Å². The normalized spacial score (nSPS) is 11.6. The highest BCUT2D eigenvalue weighted by atomic mass is 28.4. The first-order chi connectivity index (χ1) is 11.1. The number of hydrogen-bond donors (Lipinski definition) is 1. The molecule has 0 spiro atoms. The lowest BCUT2D eigenvalue weighted by molar-refractivity contribution is 0.166. The fraction of sp³-hybridized carbons (Fsp3) is 0.667. The number of para-hydroxylation sites is 2. The van der Waals surface area contributed by atoms with Crippen molar-refractivity contribution in [3.63, 3.8) is 0 Å². The average Bonchev–Trinajstić information content (AvgIpc) is 2.54. The highest BCUT2D eigenvalue weighted by Crippen LogP contribution is 2.22. The summed E-state index contributed by atoms with van der Waals surface area (Å²) < 4.78 is 18.0. The van der Waals surface area contributed by atoms with E-state index in [1.165, 1.54) is 0 Å². The molecule has 132 valence electrons. The van der Waals surface area contributed by atoms with Gasteiger partial charge in [0.15, 0.2) is 0 Å². The molecule has 5 heteroatoms. The Balaban J connectivity index is 2.38. The van der Waals surface area contributed by atoms with E-state index >= 15 is 0 Å². The van der Waals surface area contributed by atoms with E-state index in [9.17, 15) is 0 Å². The number of ether oxygens (including phenoxy) is 1. The predicted molar refractivity (Wildman–Crippen MR) is 99.1 cm³/mol. The molecule has 0 radical (unpaired) electrons. The van der Waals surface area contributed by atoms with E-state index < -0.39 is 8.56 Å². The van der Waals surface area contributed by atoms with Gasteiger partial charge in [0.25, 0.3) is 0 Å². The zero-order valence-electron chi connectivity index (χ0n) is 15.0. The molecule has 1 rings (SSSR count). The van der Waals surface area contributed by atoms with Gasteiger partial charge in [0.05, 0.1) is 12.3 Å². The molecule has 1 aromatic carbocycles. The first kappa shape index (κ1) is 20.0. The lowest BCUT2D eigenvalue weighted by atomic mass is 10.3. The highest BCUT2D eigenvalue weighted by molar-refractivity contribution is 6.66. The minimum atomic E-state index is -2.09. The fourth-order valence-electron chi connectivity index (χ4n) is 2.24. The lowest BCUT2D eigenvalue weighted by Crippen LogP contribution is -2.39. The zero-order valence-corrected chi connectivity index (χ0v) is 16.0. The number of nitrogen functional groups attached to an aromatic ring is 1. The van der Waals surface area contributed by atoms with Crippen LogP contribution >= 0.6 is 0 Å². The van der Waals surface area contributed by atoms with Gasteiger partial charge in [0.1, 0.15) is 5.75 Å². The average molecular weight is 340 g/mol. The Morgan fingerprint density at radius 3 is 2.09 bits per heavy atom. The molecule has 0 aliphatic heterocycles. The van der Waals surface area contributed by atoms with E-state index in [2.05, 4.69) is 20.4 Å². The van der Waals surface area contributed by atoms with Gasteiger partial charge in [-0.1, -0.05) is 38.8 Å². The maximum absolute atomic E-state index is 6.13. The van der Waals surface area contributed by atoms with Crippen LogP contribution in [0.3, 0.4) is 0 Å². The molecule has 23 heavy (non-hydrogen) atoms. The van der Waals surface area contributed by atoms with Gasteiger partial charge in [-0.25, -0.2) is 0 Å². The number of nitrogens with two attached hydrogens (primary N) is 1. The molecule has 0 aliphatic carbocycles. The van der Waals surface area contributed by atoms with Crippen molar-refractivity contribution < 1.29 is 13.6 Å². The molecule has 0 fully saturated rings. The zero-order chi connectivity index (χ0) is 17.0. The van der Waals surface area contributed by atoms with E-state index in [1.807, 2.05) is 24.3 Å². The van der Waals surface area contributed by atoms with E-state index in [-0.39, 0.29) is 0 Å². The molecule has 0 amide bonds. The molecule has 0 bridgehead atoms. The minimum absolute atomic E-state index is 0.644. The maximum atomic E-state index is 6.13. The quantitative estimate of drug-likeness (QED) is 0.320. The van der Waals surface area contributed by atoms with Crippen molar-refractivity contribution >= 4 is 14.2 Å². The van der Waals surface area contributed by atoms with Crippen LogP contribution in [0, 0.1) is 0 Å². The minimum Gasteiger partial charge on any atom is -0.491 e. The summed E-state index contributed by atoms with van der Waals surface area (Å²) in [7, 11) is -2.09. The molecule has 1 aromatic rings.